The van der Waals surface area contributed by atoms with Crippen LogP contribution in [0.15, 0.2) is 18.2 Å². The molecule has 17 heavy (non-hydrogen) atoms. The lowest BCUT2D eigenvalue weighted by molar-refractivity contribution is 0.322. The summed E-state index contributed by atoms with van der Waals surface area (Å²) in [5.41, 5.74) is 4.62. The number of benzene rings is 1. The maximum Gasteiger partial charge on any atom is 0.0434 e. The van der Waals surface area contributed by atoms with Crippen LogP contribution in [0.1, 0.15) is 52.7 Å². The molecule has 1 heterocycles. The Kier molecular flexibility index (Phi) is 3.61. The van der Waals surface area contributed by atoms with Crippen molar-refractivity contribution in [2.24, 2.45) is 0 Å². The summed E-state index contributed by atoms with van der Waals surface area (Å²) in [6, 6.07) is 6.79. The lowest BCUT2D eigenvalue weighted by Gasteiger charge is -2.40. The van der Waals surface area contributed by atoms with E-state index in [1.807, 2.05) is 13.8 Å². The van der Waals surface area contributed by atoms with Crippen LogP contribution >= 0.6 is 0 Å². The second-order valence-corrected chi connectivity index (χ2v) is 5.76. The molecule has 0 aliphatic carbocycles. The van der Waals surface area contributed by atoms with Crippen LogP contribution in [0, 0.1) is 6.92 Å². The van der Waals surface area contributed by atoms with E-state index in [-0.39, 0.29) is 11.0 Å². The average molecular weight is 233 g/mol. The van der Waals surface area contributed by atoms with Crippen LogP contribution in [-0.4, -0.2) is 12.6 Å². The van der Waals surface area contributed by atoms with Crippen molar-refractivity contribution < 1.29 is 0 Å². The summed E-state index contributed by atoms with van der Waals surface area (Å²) in [4.78, 5) is 2.40. The van der Waals surface area contributed by atoms with Gasteiger partial charge >= 0.3 is 0 Å². The molecule has 0 unspecified atom stereocenters. The Bertz CT molecular complexity index is 402. The van der Waals surface area contributed by atoms with Gasteiger partial charge in [0.05, 0.1) is 0 Å². The molecule has 0 N–H and O–H groups in total. The van der Waals surface area contributed by atoms with Crippen LogP contribution in [0.25, 0.3) is 0 Å². The minimum Gasteiger partial charge on any atom is -0.368 e. The van der Waals surface area contributed by atoms with Gasteiger partial charge in [0.25, 0.3) is 0 Å². The molecular weight excluding hydrogens is 206 g/mol. The molecule has 0 saturated carbocycles. The van der Waals surface area contributed by atoms with Crippen LogP contribution in [0.4, 0.5) is 5.69 Å². The number of nitrogens with zero attached hydrogens (tertiary/aromatic N) is 1. The van der Waals surface area contributed by atoms with Crippen molar-refractivity contribution >= 4 is 5.69 Å². The predicted octanol–water partition coefficient (Wildman–Crippen LogP) is 4.53. The van der Waals surface area contributed by atoms with Gasteiger partial charge < -0.3 is 4.90 Å². The molecule has 1 aliphatic heterocycles. The molecule has 0 amide bonds. The Labute approximate surface area is 107 Å². The molecule has 1 aliphatic rings. The smallest absolute Gasteiger partial charge is 0.0434 e. The molecule has 2 rings (SSSR count). The highest BCUT2D eigenvalue weighted by Crippen LogP contribution is 2.50. The number of hydrogen-bond donors (Lipinski definition) is 0. The fourth-order valence-corrected chi connectivity index (χ4v) is 2.49. The highest BCUT2D eigenvalue weighted by molar-refractivity contribution is 5.66. The van der Waals surface area contributed by atoms with E-state index in [0.717, 1.165) is 0 Å². The highest BCUT2D eigenvalue weighted by Gasteiger charge is 2.48. The maximum absolute atomic E-state index is 2.40. The Balaban J connectivity index is 0.000000686. The Morgan fingerprint density at radius 3 is 2.06 bits per heavy atom. The van der Waals surface area contributed by atoms with E-state index in [1.54, 1.807) is 0 Å². The van der Waals surface area contributed by atoms with E-state index in [4.69, 9.17) is 0 Å². The number of fused-ring (bicyclic) bond motifs is 1. The first-order chi connectivity index (χ1) is 7.78. The molecule has 0 spiro atoms. The lowest BCUT2D eigenvalue weighted by atomic mass is 9.72. The third kappa shape index (κ3) is 1.86. The van der Waals surface area contributed by atoms with Gasteiger partial charge in [0.15, 0.2) is 0 Å². The maximum atomic E-state index is 2.40. The summed E-state index contributed by atoms with van der Waals surface area (Å²) in [6.45, 7) is 15.5. The summed E-state index contributed by atoms with van der Waals surface area (Å²) in [5.74, 6) is 0. The number of anilines is 1. The molecule has 0 aromatic heterocycles. The van der Waals surface area contributed by atoms with Gasteiger partial charge in [-0.15, -0.1) is 0 Å². The van der Waals surface area contributed by atoms with Gasteiger partial charge in [-0.2, -0.15) is 0 Å². The number of hydrogen-bond acceptors (Lipinski definition) is 1. The first kappa shape index (κ1) is 14.1. The van der Waals surface area contributed by atoms with Crippen LogP contribution in [-0.2, 0) is 5.41 Å². The fraction of sp³-hybridized carbons (Fsp3) is 0.625. The minimum absolute atomic E-state index is 0.184. The van der Waals surface area contributed by atoms with Gasteiger partial charge in [-0.3, -0.25) is 0 Å². The standard InChI is InChI=1S/C14H21N.C2H6/c1-10-7-8-12-11(9-10)13(2,3)14(4,5)15(12)6;1-2/h7-9H,1-6H3;1-2H3. The summed E-state index contributed by atoms with van der Waals surface area (Å²) >= 11 is 0. The second-order valence-electron chi connectivity index (χ2n) is 5.76. The molecule has 0 radical (unpaired) electrons. The summed E-state index contributed by atoms with van der Waals surface area (Å²) in [6.07, 6.45) is 0. The van der Waals surface area contributed by atoms with Gasteiger partial charge in [-0.05, 0) is 32.4 Å². The molecule has 1 heteroatoms. The first-order valence-electron chi connectivity index (χ1n) is 6.63. The fourth-order valence-electron chi connectivity index (χ4n) is 2.49. The average Bonchev–Trinajstić information content (AvgIpc) is 2.41. The van der Waals surface area contributed by atoms with Gasteiger partial charge in [-0.1, -0.05) is 45.4 Å². The van der Waals surface area contributed by atoms with Crippen LogP contribution in [0.2, 0.25) is 0 Å². The van der Waals surface area contributed by atoms with Crippen molar-refractivity contribution in [2.45, 2.75) is 59.4 Å². The molecular formula is C16H27N. The zero-order valence-electron chi connectivity index (χ0n) is 12.7. The molecule has 0 bridgehead atoms. The van der Waals surface area contributed by atoms with E-state index in [0.29, 0.717) is 0 Å². The van der Waals surface area contributed by atoms with E-state index in [2.05, 4.69) is 64.8 Å². The molecule has 96 valence electrons. The number of likely N-dealkylation sites (N-methyl/N-ethyl adjacent to an activating group) is 1. The Hall–Kier alpha value is -0.980. The molecule has 0 fully saturated rings. The van der Waals surface area contributed by atoms with E-state index in [1.165, 1.54) is 16.8 Å². The molecule has 0 atom stereocenters. The van der Waals surface area contributed by atoms with Gasteiger partial charge in [0.2, 0.25) is 0 Å². The van der Waals surface area contributed by atoms with Crippen molar-refractivity contribution in [3.05, 3.63) is 29.3 Å². The van der Waals surface area contributed by atoms with Gasteiger partial charge in [0, 0.05) is 23.7 Å². The Morgan fingerprint density at radius 1 is 1.00 bits per heavy atom. The van der Waals surface area contributed by atoms with Gasteiger partial charge in [0.1, 0.15) is 0 Å². The number of aryl methyl sites for hydroxylation is 1. The summed E-state index contributed by atoms with van der Waals surface area (Å²) < 4.78 is 0. The minimum atomic E-state index is 0.184. The van der Waals surface area contributed by atoms with Crippen molar-refractivity contribution in [3.63, 3.8) is 0 Å². The lowest BCUT2D eigenvalue weighted by Crippen LogP contribution is -2.49. The second kappa shape index (κ2) is 4.36. The molecule has 1 aromatic carbocycles. The quantitative estimate of drug-likeness (QED) is 0.636. The largest absolute Gasteiger partial charge is 0.368 e. The third-order valence-electron chi connectivity index (χ3n) is 4.55. The van der Waals surface area contributed by atoms with E-state index in [9.17, 15) is 0 Å². The van der Waals surface area contributed by atoms with Crippen LogP contribution in [0.5, 0.6) is 0 Å². The van der Waals surface area contributed by atoms with Gasteiger partial charge in [-0.25, -0.2) is 0 Å². The zero-order chi connectivity index (χ0) is 13.4. The molecule has 0 saturated heterocycles. The van der Waals surface area contributed by atoms with Crippen molar-refractivity contribution in [1.29, 1.82) is 0 Å². The monoisotopic (exact) mass is 233 g/mol. The Morgan fingerprint density at radius 2 is 1.53 bits per heavy atom. The van der Waals surface area contributed by atoms with E-state index < -0.39 is 0 Å². The van der Waals surface area contributed by atoms with Crippen LogP contribution < -0.4 is 4.90 Å². The third-order valence-corrected chi connectivity index (χ3v) is 4.55. The first-order valence-corrected chi connectivity index (χ1v) is 6.63. The molecule has 1 aromatic rings. The zero-order valence-corrected chi connectivity index (χ0v) is 12.7. The summed E-state index contributed by atoms with van der Waals surface area (Å²) in [7, 11) is 2.20. The van der Waals surface area contributed by atoms with Crippen molar-refractivity contribution in [2.75, 3.05) is 11.9 Å². The highest BCUT2D eigenvalue weighted by atomic mass is 15.2. The van der Waals surface area contributed by atoms with Crippen molar-refractivity contribution in [3.8, 4) is 0 Å². The van der Waals surface area contributed by atoms with E-state index >= 15 is 0 Å². The number of rotatable bonds is 0. The van der Waals surface area contributed by atoms with Crippen molar-refractivity contribution in [1.82, 2.24) is 0 Å². The topological polar surface area (TPSA) is 3.24 Å². The summed E-state index contributed by atoms with van der Waals surface area (Å²) in [5, 5.41) is 0. The normalized spacial score (nSPS) is 19.4. The predicted molar refractivity (Wildman–Crippen MR) is 78.0 cm³/mol. The van der Waals surface area contributed by atoms with Crippen LogP contribution in [0.3, 0.4) is 0 Å². The SMILES string of the molecule is CC.Cc1ccc2c(c1)C(C)(C)C(C)(C)N2C. The molecule has 1 nitrogen and oxygen atoms in total.